The first-order valence-electron chi connectivity index (χ1n) is 6.87. The molecule has 0 saturated heterocycles. The lowest BCUT2D eigenvalue weighted by molar-refractivity contribution is -0.119. The van der Waals surface area contributed by atoms with Gasteiger partial charge in [-0.2, -0.15) is 5.10 Å². The third-order valence-electron chi connectivity index (χ3n) is 2.98. The lowest BCUT2D eigenvalue weighted by atomic mass is 10.2. The summed E-state index contributed by atoms with van der Waals surface area (Å²) in [5.74, 6) is -0.533. The molecule has 0 heterocycles. The topological polar surface area (TPSA) is 83.0 Å². The lowest BCUT2D eigenvalue weighted by Crippen LogP contribution is -2.25. The van der Waals surface area contributed by atoms with Gasteiger partial charge in [0.05, 0.1) is 19.9 Å². The van der Waals surface area contributed by atoms with E-state index < -0.39 is 5.91 Å². The third-order valence-corrected chi connectivity index (χ3v) is 3.44. The van der Waals surface area contributed by atoms with Crippen LogP contribution in [0.3, 0.4) is 0 Å². The summed E-state index contributed by atoms with van der Waals surface area (Å²) >= 11 is 3.29. The van der Waals surface area contributed by atoms with E-state index in [4.69, 9.17) is 4.74 Å². The second kappa shape index (κ2) is 8.30. The molecule has 0 radical (unpaired) electrons. The quantitative estimate of drug-likeness (QED) is 0.518. The van der Waals surface area contributed by atoms with E-state index in [-0.39, 0.29) is 23.9 Å². The average molecular weight is 396 g/mol. The van der Waals surface area contributed by atoms with E-state index in [9.17, 15) is 14.3 Å². The van der Waals surface area contributed by atoms with Gasteiger partial charge in [0.1, 0.15) is 5.82 Å². The van der Waals surface area contributed by atoms with Gasteiger partial charge in [-0.15, -0.1) is 0 Å². The van der Waals surface area contributed by atoms with E-state index >= 15 is 0 Å². The SMILES string of the molecule is COc1cc(Br)cc(C=NNC(=O)CNc2ccc(F)cc2)c1O. The van der Waals surface area contributed by atoms with Crippen molar-refractivity contribution in [2.24, 2.45) is 5.10 Å². The van der Waals surface area contributed by atoms with Crippen LogP contribution in [0, 0.1) is 5.82 Å². The van der Waals surface area contributed by atoms with Crippen molar-refractivity contribution in [1.29, 1.82) is 0 Å². The van der Waals surface area contributed by atoms with Gasteiger partial charge >= 0.3 is 0 Å². The standard InChI is InChI=1S/C16H15BrFN3O3/c1-24-14-7-11(17)6-10(16(14)23)8-20-21-15(22)9-19-13-4-2-12(18)3-5-13/h2-8,19,23H,9H2,1H3,(H,21,22). The number of aromatic hydroxyl groups is 1. The van der Waals surface area contributed by atoms with Crippen molar-refractivity contribution in [1.82, 2.24) is 5.43 Å². The summed E-state index contributed by atoms with van der Waals surface area (Å²) in [6, 6.07) is 8.88. The van der Waals surface area contributed by atoms with E-state index in [1.165, 1.54) is 37.6 Å². The Bertz CT molecular complexity index is 751. The van der Waals surface area contributed by atoms with E-state index in [0.29, 0.717) is 15.7 Å². The van der Waals surface area contributed by atoms with Crippen LogP contribution in [0.1, 0.15) is 5.56 Å². The first-order chi connectivity index (χ1) is 11.5. The Hall–Kier alpha value is -2.61. The number of carbonyl (C=O) groups excluding carboxylic acids is 1. The van der Waals surface area contributed by atoms with Crippen LogP contribution in [0.2, 0.25) is 0 Å². The van der Waals surface area contributed by atoms with Gasteiger partial charge in [0.15, 0.2) is 11.5 Å². The maximum Gasteiger partial charge on any atom is 0.259 e. The highest BCUT2D eigenvalue weighted by atomic mass is 79.9. The number of nitrogens with one attached hydrogen (secondary N) is 2. The van der Waals surface area contributed by atoms with Crippen molar-refractivity contribution in [3.8, 4) is 11.5 Å². The van der Waals surface area contributed by atoms with Crippen LogP contribution in [0.25, 0.3) is 0 Å². The molecule has 0 atom stereocenters. The van der Waals surface area contributed by atoms with E-state index in [2.05, 4.69) is 31.8 Å². The van der Waals surface area contributed by atoms with Crippen molar-refractivity contribution in [2.75, 3.05) is 19.0 Å². The van der Waals surface area contributed by atoms with Crippen molar-refractivity contribution in [2.45, 2.75) is 0 Å². The van der Waals surface area contributed by atoms with Crippen LogP contribution < -0.4 is 15.5 Å². The molecule has 0 aliphatic rings. The van der Waals surface area contributed by atoms with Crippen LogP contribution in [-0.4, -0.2) is 30.9 Å². The van der Waals surface area contributed by atoms with Gasteiger partial charge in [0, 0.05) is 15.7 Å². The maximum atomic E-state index is 12.8. The molecular formula is C16H15BrFN3O3. The summed E-state index contributed by atoms with van der Waals surface area (Å²) in [7, 11) is 1.44. The second-order valence-electron chi connectivity index (χ2n) is 4.70. The number of amides is 1. The minimum absolute atomic E-state index is 0.0310. The summed E-state index contributed by atoms with van der Waals surface area (Å²) in [4.78, 5) is 11.7. The van der Waals surface area contributed by atoms with Crippen LogP contribution >= 0.6 is 15.9 Å². The number of hydrogen-bond donors (Lipinski definition) is 3. The molecule has 2 aromatic rings. The molecular weight excluding hydrogens is 381 g/mol. The number of anilines is 1. The summed E-state index contributed by atoms with van der Waals surface area (Å²) in [6.45, 7) is -0.0310. The Morgan fingerprint density at radius 1 is 1.38 bits per heavy atom. The van der Waals surface area contributed by atoms with Gasteiger partial charge < -0.3 is 15.2 Å². The fraction of sp³-hybridized carbons (Fsp3) is 0.125. The van der Waals surface area contributed by atoms with Crippen LogP contribution in [-0.2, 0) is 4.79 Å². The van der Waals surface area contributed by atoms with Crippen molar-refractivity contribution < 1.29 is 19.0 Å². The molecule has 8 heteroatoms. The molecule has 0 bridgehead atoms. The Labute approximate surface area is 146 Å². The summed E-state index contributed by atoms with van der Waals surface area (Å²) in [6.07, 6.45) is 1.30. The number of phenols is 1. The molecule has 0 saturated carbocycles. The van der Waals surface area contributed by atoms with Crippen molar-refractivity contribution >= 4 is 33.7 Å². The zero-order valence-corrected chi connectivity index (χ0v) is 14.3. The smallest absolute Gasteiger partial charge is 0.259 e. The highest BCUT2D eigenvalue weighted by Gasteiger charge is 2.08. The highest BCUT2D eigenvalue weighted by Crippen LogP contribution is 2.32. The highest BCUT2D eigenvalue weighted by molar-refractivity contribution is 9.10. The molecule has 3 N–H and O–H groups in total. The normalized spacial score (nSPS) is 10.6. The zero-order valence-electron chi connectivity index (χ0n) is 12.7. The fourth-order valence-electron chi connectivity index (χ4n) is 1.81. The summed E-state index contributed by atoms with van der Waals surface area (Å²) in [5, 5.41) is 16.6. The zero-order chi connectivity index (χ0) is 17.5. The predicted molar refractivity (Wildman–Crippen MR) is 93.0 cm³/mol. The minimum Gasteiger partial charge on any atom is -0.504 e. The third kappa shape index (κ3) is 4.95. The molecule has 1 amide bonds. The molecule has 6 nitrogen and oxygen atoms in total. The number of halogens is 2. The number of ether oxygens (including phenoxy) is 1. The Kier molecular flexibility index (Phi) is 6.14. The van der Waals surface area contributed by atoms with Crippen LogP contribution in [0.15, 0.2) is 46.0 Å². The molecule has 0 aromatic heterocycles. The average Bonchev–Trinajstić information content (AvgIpc) is 2.57. The monoisotopic (exact) mass is 395 g/mol. The van der Waals surface area contributed by atoms with Crippen LogP contribution in [0.4, 0.5) is 10.1 Å². The molecule has 0 aliphatic carbocycles. The van der Waals surface area contributed by atoms with Crippen molar-refractivity contribution in [3.05, 3.63) is 52.3 Å². The van der Waals surface area contributed by atoms with Gasteiger partial charge in [0.2, 0.25) is 0 Å². The van der Waals surface area contributed by atoms with Gasteiger partial charge in [0.25, 0.3) is 5.91 Å². The molecule has 0 aliphatic heterocycles. The molecule has 24 heavy (non-hydrogen) atoms. The minimum atomic E-state index is -0.392. The summed E-state index contributed by atoms with van der Waals surface area (Å²) in [5.41, 5.74) is 3.32. The van der Waals surface area contributed by atoms with Crippen LogP contribution in [0.5, 0.6) is 11.5 Å². The molecule has 2 rings (SSSR count). The number of methoxy groups -OCH3 is 1. The first-order valence-corrected chi connectivity index (χ1v) is 7.66. The molecule has 0 unspecified atom stereocenters. The van der Waals surface area contributed by atoms with Crippen molar-refractivity contribution in [3.63, 3.8) is 0 Å². The summed E-state index contributed by atoms with van der Waals surface area (Å²) < 4.78 is 18.5. The number of nitrogens with zero attached hydrogens (tertiary/aromatic N) is 1. The molecule has 2 aromatic carbocycles. The van der Waals surface area contributed by atoms with Gasteiger partial charge in [-0.05, 0) is 36.4 Å². The largest absolute Gasteiger partial charge is 0.504 e. The number of carbonyl (C=O) groups is 1. The Balaban J connectivity index is 1.90. The number of phenolic OH excluding ortho intramolecular Hbond substituents is 1. The van der Waals surface area contributed by atoms with E-state index in [1.807, 2.05) is 0 Å². The maximum absolute atomic E-state index is 12.8. The Morgan fingerprint density at radius 3 is 2.75 bits per heavy atom. The number of rotatable bonds is 6. The fourth-order valence-corrected chi connectivity index (χ4v) is 2.27. The molecule has 0 spiro atoms. The molecule has 0 fully saturated rings. The molecule has 126 valence electrons. The predicted octanol–water partition coefficient (Wildman–Crippen LogP) is 2.86. The number of hydrogen-bond acceptors (Lipinski definition) is 5. The second-order valence-corrected chi connectivity index (χ2v) is 5.62. The lowest BCUT2D eigenvalue weighted by Gasteiger charge is -2.07. The number of hydrazone groups is 1. The van der Waals surface area contributed by atoms with E-state index in [1.54, 1.807) is 12.1 Å². The first kappa shape index (κ1) is 17.7. The Morgan fingerprint density at radius 2 is 2.08 bits per heavy atom. The van der Waals surface area contributed by atoms with Gasteiger partial charge in [-0.1, -0.05) is 15.9 Å². The number of benzene rings is 2. The van der Waals surface area contributed by atoms with Gasteiger partial charge in [-0.3, -0.25) is 4.79 Å². The van der Waals surface area contributed by atoms with Gasteiger partial charge in [-0.25, -0.2) is 9.82 Å². The van der Waals surface area contributed by atoms with E-state index in [0.717, 1.165) is 0 Å².